The highest BCUT2D eigenvalue weighted by Crippen LogP contribution is 2.23. The monoisotopic (exact) mass is 413 g/mol. The predicted octanol–water partition coefficient (Wildman–Crippen LogP) is 4.25. The molecule has 0 amide bonds. The number of carbonyl (C=O) groups excluding carboxylic acids is 2. The topological polar surface area (TPSA) is 74.2 Å². The Bertz CT molecular complexity index is 1150. The molecule has 0 atom stereocenters. The second kappa shape index (κ2) is 9.09. The molecule has 154 valence electrons. The van der Waals surface area contributed by atoms with Crippen LogP contribution in [0.3, 0.4) is 0 Å². The van der Waals surface area contributed by atoms with E-state index in [0.717, 1.165) is 22.3 Å². The number of methoxy groups -OCH3 is 1. The fourth-order valence-electron chi connectivity index (χ4n) is 2.99. The van der Waals surface area contributed by atoms with E-state index >= 15 is 0 Å². The number of benzene rings is 3. The molecule has 3 aromatic carbocycles. The minimum atomic E-state index is -0.506. The summed E-state index contributed by atoms with van der Waals surface area (Å²) < 4.78 is 15.2. The molecular formula is C25H19NO5. The van der Waals surface area contributed by atoms with Gasteiger partial charge >= 0.3 is 11.9 Å². The van der Waals surface area contributed by atoms with Crippen LogP contribution in [0.15, 0.2) is 89.6 Å². The van der Waals surface area contributed by atoms with Crippen LogP contribution in [0.4, 0.5) is 0 Å². The first-order valence-electron chi connectivity index (χ1n) is 9.60. The first-order valence-corrected chi connectivity index (χ1v) is 9.60. The zero-order valence-electron chi connectivity index (χ0n) is 16.8. The number of carbonyl (C=O) groups is 2. The van der Waals surface area contributed by atoms with Gasteiger partial charge in [-0.15, -0.1) is 0 Å². The third kappa shape index (κ3) is 4.87. The highest BCUT2D eigenvalue weighted by molar-refractivity contribution is 6.13. The van der Waals surface area contributed by atoms with Gasteiger partial charge in [-0.3, -0.25) is 0 Å². The lowest BCUT2D eigenvalue weighted by Crippen LogP contribution is -2.12. The molecule has 0 spiro atoms. The van der Waals surface area contributed by atoms with E-state index in [2.05, 4.69) is 9.73 Å². The molecule has 6 heteroatoms. The minimum absolute atomic E-state index is 0.167. The standard InChI is InChI=1S/C25H19NO5/c1-29-23(27)16-30-21-13-7-17(8-14-21)15-22-25(28)31-24(26-22)20-11-9-19(10-12-20)18-5-3-2-4-6-18/h2-15H,16H2,1H3/b22-15-. The highest BCUT2D eigenvalue weighted by Gasteiger charge is 2.24. The van der Waals surface area contributed by atoms with Crippen LogP contribution in [0, 0.1) is 0 Å². The predicted molar refractivity (Wildman–Crippen MR) is 116 cm³/mol. The second-order valence-electron chi connectivity index (χ2n) is 6.71. The Balaban J connectivity index is 1.48. The van der Waals surface area contributed by atoms with Crippen LogP contribution in [0.25, 0.3) is 17.2 Å². The van der Waals surface area contributed by atoms with Gasteiger partial charge in [-0.05, 0) is 47.0 Å². The van der Waals surface area contributed by atoms with Crippen LogP contribution in [-0.4, -0.2) is 31.6 Å². The largest absolute Gasteiger partial charge is 0.482 e. The Morgan fingerprint density at radius 2 is 1.55 bits per heavy atom. The molecule has 4 rings (SSSR count). The molecule has 0 radical (unpaired) electrons. The van der Waals surface area contributed by atoms with Crippen LogP contribution in [-0.2, 0) is 19.1 Å². The number of rotatable bonds is 6. The van der Waals surface area contributed by atoms with E-state index < -0.39 is 11.9 Å². The summed E-state index contributed by atoms with van der Waals surface area (Å²) >= 11 is 0. The van der Waals surface area contributed by atoms with Gasteiger partial charge in [0.05, 0.1) is 7.11 Å². The Kier molecular flexibility index (Phi) is 5.89. The van der Waals surface area contributed by atoms with E-state index in [4.69, 9.17) is 9.47 Å². The maximum atomic E-state index is 12.2. The van der Waals surface area contributed by atoms with Gasteiger partial charge in [0, 0.05) is 5.56 Å². The first-order chi connectivity index (χ1) is 15.1. The summed E-state index contributed by atoms with van der Waals surface area (Å²) in [4.78, 5) is 27.7. The summed E-state index contributed by atoms with van der Waals surface area (Å²) in [5.74, 6) is -0.176. The van der Waals surface area contributed by atoms with Crippen molar-refractivity contribution in [2.45, 2.75) is 0 Å². The van der Waals surface area contributed by atoms with Gasteiger partial charge in [0.1, 0.15) is 5.75 Å². The van der Waals surface area contributed by atoms with Crippen molar-refractivity contribution in [2.75, 3.05) is 13.7 Å². The molecule has 0 N–H and O–H groups in total. The number of nitrogens with zero attached hydrogens (tertiary/aromatic N) is 1. The van der Waals surface area contributed by atoms with Crippen LogP contribution in [0.5, 0.6) is 5.75 Å². The summed E-state index contributed by atoms with van der Waals surface area (Å²) in [6.45, 7) is -0.167. The Hall–Kier alpha value is -4.19. The van der Waals surface area contributed by atoms with Crippen LogP contribution < -0.4 is 4.74 Å². The molecule has 3 aromatic rings. The van der Waals surface area contributed by atoms with Crippen molar-refractivity contribution in [3.05, 3.63) is 95.7 Å². The Labute approximate surface area is 179 Å². The number of ether oxygens (including phenoxy) is 3. The molecule has 0 saturated carbocycles. The van der Waals surface area contributed by atoms with Crippen molar-refractivity contribution in [1.29, 1.82) is 0 Å². The fraction of sp³-hybridized carbons (Fsp3) is 0.0800. The SMILES string of the molecule is COC(=O)COc1ccc(/C=C2\N=C(c3ccc(-c4ccccc4)cc3)OC2=O)cc1. The number of esters is 2. The molecule has 0 aromatic heterocycles. The molecular weight excluding hydrogens is 394 g/mol. The quantitative estimate of drug-likeness (QED) is 0.446. The maximum Gasteiger partial charge on any atom is 0.363 e. The van der Waals surface area contributed by atoms with Gasteiger partial charge in [0.15, 0.2) is 12.3 Å². The summed E-state index contributed by atoms with van der Waals surface area (Å²) in [5, 5.41) is 0. The number of hydrogen-bond acceptors (Lipinski definition) is 6. The molecule has 31 heavy (non-hydrogen) atoms. The van der Waals surface area contributed by atoms with Gasteiger partial charge in [-0.1, -0.05) is 54.6 Å². The molecule has 0 unspecified atom stereocenters. The van der Waals surface area contributed by atoms with Gasteiger partial charge in [-0.2, -0.15) is 0 Å². The summed E-state index contributed by atoms with van der Waals surface area (Å²) in [7, 11) is 1.30. The fourth-order valence-corrected chi connectivity index (χ4v) is 2.99. The highest BCUT2D eigenvalue weighted by atomic mass is 16.6. The summed E-state index contributed by atoms with van der Waals surface area (Å²) in [6, 6.07) is 24.6. The summed E-state index contributed by atoms with van der Waals surface area (Å²) in [6.07, 6.45) is 1.64. The van der Waals surface area contributed by atoms with Gasteiger partial charge < -0.3 is 14.2 Å². The van der Waals surface area contributed by atoms with Crippen LogP contribution >= 0.6 is 0 Å². The molecule has 6 nitrogen and oxygen atoms in total. The zero-order valence-corrected chi connectivity index (χ0v) is 16.8. The van der Waals surface area contributed by atoms with E-state index in [1.54, 1.807) is 30.3 Å². The van der Waals surface area contributed by atoms with Crippen molar-refractivity contribution in [1.82, 2.24) is 0 Å². The molecule has 1 aliphatic rings. The van der Waals surface area contributed by atoms with Crippen LogP contribution in [0.1, 0.15) is 11.1 Å². The lowest BCUT2D eigenvalue weighted by Gasteiger charge is -2.04. The number of cyclic esters (lactones) is 1. The van der Waals surface area contributed by atoms with Gasteiger partial charge in [0.2, 0.25) is 5.90 Å². The third-order valence-corrected chi connectivity index (χ3v) is 4.63. The normalized spacial score (nSPS) is 14.2. The Morgan fingerprint density at radius 3 is 2.23 bits per heavy atom. The van der Waals surface area contributed by atoms with Crippen molar-refractivity contribution < 1.29 is 23.8 Å². The lowest BCUT2D eigenvalue weighted by atomic mass is 10.0. The van der Waals surface area contributed by atoms with Gasteiger partial charge in [0.25, 0.3) is 0 Å². The molecule has 0 aliphatic carbocycles. The zero-order chi connectivity index (χ0) is 21.6. The molecule has 0 saturated heterocycles. The molecule has 1 aliphatic heterocycles. The van der Waals surface area contributed by atoms with E-state index in [9.17, 15) is 9.59 Å². The third-order valence-electron chi connectivity index (χ3n) is 4.63. The smallest absolute Gasteiger partial charge is 0.363 e. The van der Waals surface area contributed by atoms with E-state index in [1.165, 1.54) is 7.11 Å². The molecule has 0 fully saturated rings. The van der Waals surface area contributed by atoms with E-state index in [-0.39, 0.29) is 18.2 Å². The maximum absolute atomic E-state index is 12.2. The molecule has 1 heterocycles. The van der Waals surface area contributed by atoms with Crippen molar-refractivity contribution >= 4 is 23.9 Å². The average Bonchev–Trinajstić information content (AvgIpc) is 3.19. The van der Waals surface area contributed by atoms with E-state index in [1.807, 2.05) is 54.6 Å². The Morgan fingerprint density at radius 1 is 0.903 bits per heavy atom. The second-order valence-corrected chi connectivity index (χ2v) is 6.71. The minimum Gasteiger partial charge on any atom is -0.482 e. The average molecular weight is 413 g/mol. The van der Waals surface area contributed by atoms with E-state index in [0.29, 0.717) is 5.75 Å². The van der Waals surface area contributed by atoms with Crippen molar-refractivity contribution in [3.8, 4) is 16.9 Å². The molecule has 0 bridgehead atoms. The first kappa shape index (κ1) is 20.1. The lowest BCUT2D eigenvalue weighted by molar-refractivity contribution is -0.143. The number of hydrogen-bond donors (Lipinski definition) is 0. The summed E-state index contributed by atoms with van der Waals surface area (Å²) in [5.41, 5.74) is 3.87. The van der Waals surface area contributed by atoms with Gasteiger partial charge in [-0.25, -0.2) is 14.6 Å². The van der Waals surface area contributed by atoms with Crippen molar-refractivity contribution in [3.63, 3.8) is 0 Å². The van der Waals surface area contributed by atoms with Crippen molar-refractivity contribution in [2.24, 2.45) is 4.99 Å². The number of aliphatic imine (C=N–C) groups is 1. The van der Waals surface area contributed by atoms with Crippen LogP contribution in [0.2, 0.25) is 0 Å².